The van der Waals surface area contributed by atoms with E-state index in [2.05, 4.69) is 141 Å². The summed E-state index contributed by atoms with van der Waals surface area (Å²) in [5, 5.41) is 7.38. The molecule has 0 saturated carbocycles. The van der Waals surface area contributed by atoms with Gasteiger partial charge in [0.1, 0.15) is 0 Å². The molecule has 0 aliphatic heterocycles. The molecular formula is C26H22Br2Si. The lowest BCUT2D eigenvalue weighted by molar-refractivity contribution is 1.44. The normalized spacial score (nSPS) is 11.4. The summed E-state index contributed by atoms with van der Waals surface area (Å²) in [6.45, 7) is 0. The number of hydrogen-bond acceptors (Lipinski definition) is 0. The van der Waals surface area contributed by atoms with Crippen molar-refractivity contribution >= 4 is 60.7 Å². The summed E-state index contributed by atoms with van der Waals surface area (Å²) in [5.74, 6) is 0. The molecule has 4 aromatic carbocycles. The van der Waals surface area contributed by atoms with Crippen LogP contribution >= 0.6 is 31.9 Å². The van der Waals surface area contributed by atoms with Crippen molar-refractivity contribution in [2.75, 3.05) is 0 Å². The van der Waals surface area contributed by atoms with Crippen LogP contribution in [0.5, 0.6) is 0 Å². The number of hydrogen-bond donors (Lipinski definition) is 0. The van der Waals surface area contributed by atoms with Gasteiger partial charge >= 0.3 is 0 Å². The molecule has 0 amide bonds. The van der Waals surface area contributed by atoms with E-state index in [0.29, 0.717) is 0 Å². The molecule has 0 heterocycles. The predicted molar refractivity (Wildman–Crippen MR) is 135 cm³/mol. The fourth-order valence-corrected chi connectivity index (χ4v) is 9.53. The van der Waals surface area contributed by atoms with E-state index in [0.717, 1.165) is 10.7 Å². The minimum Gasteiger partial charge on any atom is -0.0876 e. The Balaban J connectivity index is 2.06. The zero-order valence-electron chi connectivity index (χ0n) is 16.1. The maximum absolute atomic E-state index is 3.59. The Hall–Kier alpha value is -1.94. The van der Waals surface area contributed by atoms with Gasteiger partial charge in [-0.05, 0) is 31.9 Å². The summed E-state index contributed by atoms with van der Waals surface area (Å²) < 4.78 is 0. The Kier molecular flexibility index (Phi) is 6.49. The van der Waals surface area contributed by atoms with E-state index in [1.165, 1.54) is 31.9 Å². The third-order valence-electron chi connectivity index (χ3n) is 5.50. The molecule has 29 heavy (non-hydrogen) atoms. The van der Waals surface area contributed by atoms with Crippen LogP contribution in [0.25, 0.3) is 0 Å². The second-order valence-electron chi connectivity index (χ2n) is 7.14. The summed E-state index contributed by atoms with van der Waals surface area (Å²) in [4.78, 5) is 0. The summed E-state index contributed by atoms with van der Waals surface area (Å²) in [7, 11) is -2.40. The Labute approximate surface area is 190 Å². The van der Waals surface area contributed by atoms with Crippen LogP contribution in [0, 0.1) is 0 Å². The highest BCUT2D eigenvalue weighted by molar-refractivity contribution is 9.08. The third-order valence-corrected chi connectivity index (χ3v) is 11.6. The maximum Gasteiger partial charge on any atom is 0.179 e. The topological polar surface area (TPSA) is 0 Å². The number of halogens is 2. The van der Waals surface area contributed by atoms with Gasteiger partial charge in [0.15, 0.2) is 8.07 Å². The van der Waals surface area contributed by atoms with E-state index in [1.807, 2.05) is 0 Å². The fourth-order valence-electron chi connectivity index (χ4n) is 4.06. The van der Waals surface area contributed by atoms with Gasteiger partial charge in [0.05, 0.1) is 0 Å². The summed E-state index contributed by atoms with van der Waals surface area (Å²) in [5.41, 5.74) is 2.60. The lowest BCUT2D eigenvalue weighted by Gasteiger charge is -2.34. The Morgan fingerprint density at radius 1 is 0.414 bits per heavy atom. The molecule has 4 rings (SSSR count). The summed E-state index contributed by atoms with van der Waals surface area (Å²) in [6.07, 6.45) is 0. The molecule has 0 saturated heterocycles. The van der Waals surface area contributed by atoms with Crippen LogP contribution in [0.1, 0.15) is 11.1 Å². The van der Waals surface area contributed by atoms with Crippen molar-refractivity contribution in [2.45, 2.75) is 10.7 Å². The van der Waals surface area contributed by atoms with E-state index in [4.69, 9.17) is 0 Å². The molecule has 0 nitrogen and oxygen atoms in total. The van der Waals surface area contributed by atoms with Crippen LogP contribution in [-0.4, -0.2) is 8.07 Å². The predicted octanol–water partition coefficient (Wildman–Crippen LogP) is 4.85. The molecule has 0 bridgehead atoms. The van der Waals surface area contributed by atoms with Gasteiger partial charge in [0.25, 0.3) is 0 Å². The first-order valence-electron chi connectivity index (χ1n) is 9.71. The van der Waals surface area contributed by atoms with Gasteiger partial charge in [-0.1, -0.05) is 141 Å². The van der Waals surface area contributed by atoms with E-state index in [-0.39, 0.29) is 0 Å². The minimum absolute atomic E-state index is 0.873. The van der Waals surface area contributed by atoms with E-state index in [1.54, 1.807) is 0 Å². The van der Waals surface area contributed by atoms with Crippen molar-refractivity contribution in [3.8, 4) is 0 Å². The van der Waals surface area contributed by atoms with Crippen molar-refractivity contribution < 1.29 is 0 Å². The van der Waals surface area contributed by atoms with Crippen molar-refractivity contribution in [3.63, 3.8) is 0 Å². The standard InChI is InChI=1S/C26H22Br2Si/c27-19-21-11-15-25(16-12-21)29(23-7-3-1-4-8-23,24-9-5-2-6-10-24)26-17-13-22(20-28)14-18-26/h1-18H,19-20H2. The molecule has 144 valence electrons. The molecule has 0 aliphatic carbocycles. The second kappa shape index (κ2) is 9.25. The number of alkyl halides is 2. The SMILES string of the molecule is BrCc1ccc([Si](c2ccccc2)(c2ccccc2)c2ccc(CBr)cc2)cc1. The molecule has 0 aliphatic rings. The molecule has 3 heteroatoms. The third kappa shape index (κ3) is 3.92. The zero-order valence-corrected chi connectivity index (χ0v) is 20.2. The van der Waals surface area contributed by atoms with Crippen LogP contribution < -0.4 is 20.7 Å². The molecule has 0 aromatic heterocycles. The van der Waals surface area contributed by atoms with E-state index in [9.17, 15) is 0 Å². The van der Waals surface area contributed by atoms with Crippen molar-refractivity contribution in [1.29, 1.82) is 0 Å². The summed E-state index contributed by atoms with van der Waals surface area (Å²) >= 11 is 7.18. The first-order valence-corrected chi connectivity index (χ1v) is 13.9. The molecule has 0 atom stereocenters. The van der Waals surface area contributed by atoms with Gasteiger partial charge in [-0.15, -0.1) is 0 Å². The maximum atomic E-state index is 3.59. The van der Waals surface area contributed by atoms with Crippen molar-refractivity contribution in [2.24, 2.45) is 0 Å². The van der Waals surface area contributed by atoms with Crippen molar-refractivity contribution in [3.05, 3.63) is 120 Å². The average Bonchev–Trinajstić information content (AvgIpc) is 2.82. The number of benzene rings is 4. The smallest absolute Gasteiger partial charge is 0.0876 e. The summed E-state index contributed by atoms with van der Waals surface area (Å²) in [6, 6.07) is 40.4. The van der Waals surface area contributed by atoms with Crippen LogP contribution in [-0.2, 0) is 10.7 Å². The molecule has 0 unspecified atom stereocenters. The molecule has 0 fully saturated rings. The van der Waals surface area contributed by atoms with Gasteiger partial charge < -0.3 is 0 Å². The Bertz CT molecular complexity index is 954. The van der Waals surface area contributed by atoms with Crippen LogP contribution in [0.4, 0.5) is 0 Å². The molecule has 0 N–H and O–H groups in total. The molecule has 0 radical (unpaired) electrons. The zero-order chi connectivity index (χ0) is 20.1. The highest BCUT2D eigenvalue weighted by atomic mass is 79.9. The monoisotopic (exact) mass is 520 g/mol. The first kappa shape index (κ1) is 20.3. The molecular weight excluding hydrogens is 500 g/mol. The van der Waals surface area contributed by atoms with Gasteiger partial charge in [0, 0.05) is 10.7 Å². The lowest BCUT2D eigenvalue weighted by atomic mass is 10.2. The van der Waals surface area contributed by atoms with Gasteiger partial charge in [-0.2, -0.15) is 0 Å². The number of rotatable bonds is 6. The van der Waals surface area contributed by atoms with Gasteiger partial charge in [0.2, 0.25) is 0 Å². The van der Waals surface area contributed by atoms with Crippen LogP contribution in [0.2, 0.25) is 0 Å². The highest BCUT2D eigenvalue weighted by Gasteiger charge is 2.41. The van der Waals surface area contributed by atoms with Crippen LogP contribution in [0.3, 0.4) is 0 Å². The average molecular weight is 522 g/mol. The van der Waals surface area contributed by atoms with Crippen molar-refractivity contribution in [1.82, 2.24) is 0 Å². The Morgan fingerprint density at radius 3 is 1.03 bits per heavy atom. The minimum atomic E-state index is -2.40. The largest absolute Gasteiger partial charge is 0.179 e. The second-order valence-corrected chi connectivity index (χ2v) is 12.1. The highest BCUT2D eigenvalue weighted by Crippen LogP contribution is 2.13. The van der Waals surface area contributed by atoms with E-state index >= 15 is 0 Å². The fraction of sp³-hybridized carbons (Fsp3) is 0.0769. The van der Waals surface area contributed by atoms with Gasteiger partial charge in [-0.3, -0.25) is 0 Å². The lowest BCUT2D eigenvalue weighted by Crippen LogP contribution is -2.74. The quantitative estimate of drug-likeness (QED) is 0.193. The molecule has 4 aromatic rings. The van der Waals surface area contributed by atoms with E-state index < -0.39 is 8.07 Å². The Morgan fingerprint density at radius 2 is 0.724 bits per heavy atom. The van der Waals surface area contributed by atoms with Crippen LogP contribution in [0.15, 0.2) is 109 Å². The van der Waals surface area contributed by atoms with Gasteiger partial charge in [-0.25, -0.2) is 0 Å². The molecule has 0 spiro atoms. The first-order chi connectivity index (χ1) is 14.3.